The molecule has 10 aromatic carbocycles. The van der Waals surface area contributed by atoms with E-state index in [-0.39, 0.29) is 0 Å². The molecular formula is C70H44N6. The summed E-state index contributed by atoms with van der Waals surface area (Å²) in [6, 6.07) is 88.3. The summed E-state index contributed by atoms with van der Waals surface area (Å²) >= 11 is 0. The fraction of sp³-hybridized carbons (Fsp3) is 0. The zero-order valence-corrected chi connectivity index (χ0v) is 41.1. The fourth-order valence-electron chi connectivity index (χ4n) is 12.5. The standard InChI is InChI=1S/C70H44N6/c1-7-19-63-53(13-1)54-14-2-8-20-64(54)75(63)49-33-35-69-59(41-49)57-17-5-11-23-67(57)73(69)47-29-25-45(26-30-47)61-43-71-39-37-51(61)52-38-40-72-44-62(52)46-27-31-48(32-28-46)74-68-24-12-6-18-58(68)60-42-50(34-36-70(60)74)76-65-21-9-3-15-55(65)56-16-4-10-22-66(56)76/h1-44H. The zero-order chi connectivity index (χ0) is 49.8. The minimum absolute atomic E-state index is 1.06. The molecule has 0 fully saturated rings. The molecule has 0 amide bonds. The molecule has 0 radical (unpaired) electrons. The average molecular weight is 969 g/mol. The summed E-state index contributed by atoms with van der Waals surface area (Å²) < 4.78 is 9.58. The van der Waals surface area contributed by atoms with Crippen molar-refractivity contribution in [2.24, 2.45) is 0 Å². The first-order valence-electron chi connectivity index (χ1n) is 25.9. The van der Waals surface area contributed by atoms with Gasteiger partial charge in [-0.25, -0.2) is 0 Å². The van der Waals surface area contributed by atoms with Crippen molar-refractivity contribution in [1.82, 2.24) is 28.2 Å². The zero-order valence-electron chi connectivity index (χ0n) is 41.1. The SMILES string of the molecule is c1ccc2c(c1)c1ccccc1n2-c1ccc2c(c1)c1ccccc1n2-c1ccc(-c2cnccc2-c2ccncc2-c2ccc(-n3c4ccccc4c4cc(-n5c6ccccc6c6ccccc65)ccc43)cc2)cc1. The maximum atomic E-state index is 4.68. The van der Waals surface area contributed by atoms with Gasteiger partial charge >= 0.3 is 0 Å². The van der Waals surface area contributed by atoms with Crippen LogP contribution in [0.4, 0.5) is 0 Å². The van der Waals surface area contributed by atoms with Crippen LogP contribution in [-0.2, 0) is 0 Å². The molecule has 0 aliphatic heterocycles. The maximum absolute atomic E-state index is 4.68. The van der Waals surface area contributed by atoms with E-state index >= 15 is 0 Å². The molecule has 0 aliphatic rings. The van der Waals surface area contributed by atoms with Crippen LogP contribution in [0.5, 0.6) is 0 Å². The number of fused-ring (bicyclic) bond motifs is 12. The smallest absolute Gasteiger partial charge is 0.0542 e. The van der Waals surface area contributed by atoms with Crippen LogP contribution in [0.1, 0.15) is 0 Å². The van der Waals surface area contributed by atoms with Crippen molar-refractivity contribution in [3.05, 3.63) is 267 Å². The number of para-hydroxylation sites is 6. The first-order chi connectivity index (χ1) is 37.7. The Labute approximate surface area is 436 Å². The van der Waals surface area contributed by atoms with Crippen molar-refractivity contribution in [1.29, 1.82) is 0 Å². The van der Waals surface area contributed by atoms with Crippen LogP contribution in [0.2, 0.25) is 0 Å². The summed E-state index contributed by atoms with van der Waals surface area (Å²) in [5.41, 5.74) is 20.5. The number of hydrogen-bond acceptors (Lipinski definition) is 2. The van der Waals surface area contributed by atoms with E-state index in [4.69, 9.17) is 0 Å². The Morgan fingerprint density at radius 3 is 0.803 bits per heavy atom. The van der Waals surface area contributed by atoms with Crippen molar-refractivity contribution in [2.45, 2.75) is 0 Å². The molecular weight excluding hydrogens is 925 g/mol. The van der Waals surface area contributed by atoms with Crippen LogP contribution in [0, 0.1) is 0 Å². The van der Waals surface area contributed by atoms with Gasteiger partial charge < -0.3 is 18.3 Å². The van der Waals surface area contributed by atoms with E-state index in [1.54, 1.807) is 0 Å². The third-order valence-electron chi connectivity index (χ3n) is 15.8. The molecule has 6 aromatic heterocycles. The second-order valence-corrected chi connectivity index (χ2v) is 19.8. The molecule has 0 N–H and O–H groups in total. The number of pyridine rings is 2. The number of benzene rings is 10. The maximum Gasteiger partial charge on any atom is 0.0542 e. The molecule has 0 saturated carbocycles. The molecule has 6 nitrogen and oxygen atoms in total. The molecule has 0 spiro atoms. The van der Waals surface area contributed by atoms with Gasteiger partial charge in [0.1, 0.15) is 0 Å². The van der Waals surface area contributed by atoms with Crippen molar-refractivity contribution < 1.29 is 0 Å². The van der Waals surface area contributed by atoms with Crippen LogP contribution in [0.15, 0.2) is 267 Å². The Kier molecular flexibility index (Phi) is 9.23. The summed E-state index contributed by atoms with van der Waals surface area (Å²) in [5, 5.41) is 9.90. The van der Waals surface area contributed by atoms with Gasteiger partial charge in [0.05, 0.1) is 44.1 Å². The van der Waals surface area contributed by atoms with E-state index in [2.05, 4.69) is 271 Å². The highest BCUT2D eigenvalue weighted by molar-refractivity contribution is 6.14. The van der Waals surface area contributed by atoms with E-state index < -0.39 is 0 Å². The summed E-state index contributed by atoms with van der Waals surface area (Å²) in [6.07, 6.45) is 7.76. The second kappa shape index (κ2) is 16.6. The number of nitrogens with zero attached hydrogens (tertiary/aromatic N) is 6. The lowest BCUT2D eigenvalue weighted by atomic mass is 9.91. The highest BCUT2D eigenvalue weighted by atomic mass is 15.0. The molecule has 0 unspecified atom stereocenters. The van der Waals surface area contributed by atoms with E-state index in [0.717, 1.165) is 67.2 Å². The number of hydrogen-bond donors (Lipinski definition) is 0. The minimum atomic E-state index is 1.06. The highest BCUT2D eigenvalue weighted by Gasteiger charge is 2.20. The van der Waals surface area contributed by atoms with Gasteiger partial charge in [-0.05, 0) is 131 Å². The van der Waals surface area contributed by atoms with Crippen molar-refractivity contribution in [3.63, 3.8) is 0 Å². The van der Waals surface area contributed by atoms with Crippen LogP contribution < -0.4 is 0 Å². The highest BCUT2D eigenvalue weighted by Crippen LogP contribution is 2.42. The number of aromatic nitrogens is 6. The van der Waals surface area contributed by atoms with Gasteiger partial charge in [-0.1, -0.05) is 133 Å². The van der Waals surface area contributed by atoms with Gasteiger partial charge in [0.15, 0.2) is 0 Å². The fourth-order valence-corrected chi connectivity index (χ4v) is 12.5. The summed E-state index contributed by atoms with van der Waals surface area (Å²) in [7, 11) is 0. The molecule has 0 atom stereocenters. The Morgan fingerprint density at radius 2 is 0.474 bits per heavy atom. The van der Waals surface area contributed by atoms with Gasteiger partial charge in [0.2, 0.25) is 0 Å². The third kappa shape index (κ3) is 6.28. The molecule has 354 valence electrons. The molecule has 0 aliphatic carbocycles. The largest absolute Gasteiger partial charge is 0.309 e. The van der Waals surface area contributed by atoms with E-state index in [0.29, 0.717) is 0 Å². The molecule has 16 rings (SSSR count). The van der Waals surface area contributed by atoms with E-state index in [1.807, 2.05) is 24.8 Å². The molecule has 76 heavy (non-hydrogen) atoms. The molecule has 16 aromatic rings. The summed E-state index contributed by atoms with van der Waals surface area (Å²) in [6.45, 7) is 0. The summed E-state index contributed by atoms with van der Waals surface area (Å²) in [5.74, 6) is 0. The minimum Gasteiger partial charge on any atom is -0.309 e. The lowest BCUT2D eigenvalue weighted by molar-refractivity contribution is 1.16. The molecule has 6 heteroatoms. The van der Waals surface area contributed by atoms with Crippen LogP contribution >= 0.6 is 0 Å². The first-order valence-corrected chi connectivity index (χ1v) is 25.9. The topological polar surface area (TPSA) is 45.5 Å². The second-order valence-electron chi connectivity index (χ2n) is 19.8. The lowest BCUT2D eigenvalue weighted by Crippen LogP contribution is -1.96. The van der Waals surface area contributed by atoms with Gasteiger partial charge in [0, 0.05) is 102 Å². The number of rotatable bonds is 7. The third-order valence-corrected chi connectivity index (χ3v) is 15.8. The first kappa shape index (κ1) is 42.2. The Balaban J connectivity index is 0.749. The molecule has 0 bridgehead atoms. The van der Waals surface area contributed by atoms with Gasteiger partial charge in [-0.2, -0.15) is 0 Å². The van der Waals surface area contributed by atoms with Crippen LogP contribution in [-0.4, -0.2) is 28.2 Å². The average Bonchev–Trinajstić information content (AvgIpc) is 4.33. The normalized spacial score (nSPS) is 11.9. The molecule has 0 saturated heterocycles. The monoisotopic (exact) mass is 968 g/mol. The Bertz CT molecular complexity index is 4570. The van der Waals surface area contributed by atoms with Gasteiger partial charge in [0.25, 0.3) is 0 Å². The van der Waals surface area contributed by atoms with Gasteiger partial charge in [-0.3, -0.25) is 9.97 Å². The van der Waals surface area contributed by atoms with Gasteiger partial charge in [-0.15, -0.1) is 0 Å². The summed E-state index contributed by atoms with van der Waals surface area (Å²) in [4.78, 5) is 9.36. The van der Waals surface area contributed by atoms with Crippen molar-refractivity contribution >= 4 is 87.2 Å². The Morgan fingerprint density at radius 1 is 0.211 bits per heavy atom. The van der Waals surface area contributed by atoms with Crippen LogP contribution in [0.3, 0.4) is 0 Å². The Hall–Kier alpha value is -10.3. The van der Waals surface area contributed by atoms with E-state index in [9.17, 15) is 0 Å². The van der Waals surface area contributed by atoms with Crippen LogP contribution in [0.25, 0.3) is 143 Å². The van der Waals surface area contributed by atoms with Crippen molar-refractivity contribution in [3.8, 4) is 56.1 Å². The quantitative estimate of drug-likeness (QED) is 0.160. The predicted octanol–water partition coefficient (Wildman–Crippen LogP) is 17.9. The molecule has 6 heterocycles. The lowest BCUT2D eigenvalue weighted by Gasteiger charge is -2.15. The van der Waals surface area contributed by atoms with Crippen molar-refractivity contribution in [2.75, 3.05) is 0 Å². The van der Waals surface area contributed by atoms with E-state index in [1.165, 1.54) is 76.2 Å². The predicted molar refractivity (Wildman–Crippen MR) is 316 cm³/mol.